The van der Waals surface area contributed by atoms with E-state index >= 15 is 0 Å². The van der Waals surface area contributed by atoms with Gasteiger partial charge in [-0.25, -0.2) is 0 Å². The van der Waals surface area contributed by atoms with Crippen LogP contribution in [0.1, 0.15) is 6.42 Å². The number of fused-ring (bicyclic) bond motifs is 5. The molecule has 3 rings (SSSR count). The van der Waals surface area contributed by atoms with Crippen LogP contribution in [0.2, 0.25) is 18.8 Å². The summed E-state index contributed by atoms with van der Waals surface area (Å²) in [5.74, 6) is 3.83. The number of hydrogen-bond acceptors (Lipinski definition) is 0. The molecule has 0 radical (unpaired) electrons. The predicted molar refractivity (Wildman–Crippen MR) is 64.0 cm³/mol. The van der Waals surface area contributed by atoms with E-state index in [1.165, 1.54) is 6.42 Å². The molecule has 0 aromatic rings. The Bertz CT molecular complexity index is 308. The summed E-state index contributed by atoms with van der Waals surface area (Å²) < 4.78 is 1.02. The third kappa shape index (κ3) is 1.19. The molecule has 76 valence electrons. The van der Waals surface area contributed by atoms with Crippen LogP contribution in [0.4, 0.5) is 0 Å². The molecule has 0 aromatic carbocycles. The van der Waals surface area contributed by atoms with Crippen molar-refractivity contribution in [1.82, 2.24) is 0 Å². The molecule has 1 saturated carbocycles. The summed E-state index contributed by atoms with van der Waals surface area (Å²) in [6, 6.07) is 0. The molecular weight excluding hydrogens is 275 g/mol. The van der Waals surface area contributed by atoms with E-state index in [1.54, 1.807) is 0 Å². The minimum atomic E-state index is -1.70. The summed E-state index contributed by atoms with van der Waals surface area (Å²) in [5.41, 5.74) is 0. The maximum absolute atomic E-state index is 2.60. The maximum atomic E-state index is 2.60. The predicted octanol–water partition coefficient (Wildman–Crippen LogP) is 3.70. The molecule has 3 aliphatic rings. The number of allylic oxidation sites excluding steroid dienone is 4. The van der Waals surface area contributed by atoms with Gasteiger partial charge in [-0.15, -0.1) is 0 Å². The molecule has 0 spiro atoms. The summed E-state index contributed by atoms with van der Waals surface area (Å²) in [7, 11) is 0. The van der Waals surface area contributed by atoms with Gasteiger partial charge in [0, 0.05) is 0 Å². The zero-order valence-corrected chi connectivity index (χ0v) is 12.3. The average Bonchev–Trinajstić information content (AvgIpc) is 2.74. The molecule has 0 N–H and O–H groups in total. The molecule has 0 amide bonds. The summed E-state index contributed by atoms with van der Waals surface area (Å²) in [6.07, 6.45) is 11.6. The molecule has 5 atom stereocenters. The molecular formula is C13H20Sn. The van der Waals surface area contributed by atoms with Gasteiger partial charge in [0.25, 0.3) is 0 Å². The molecule has 5 unspecified atom stereocenters. The average molecular weight is 295 g/mol. The first kappa shape index (κ1) is 9.50. The van der Waals surface area contributed by atoms with Crippen LogP contribution in [0, 0.1) is 23.7 Å². The SMILES string of the molecule is [CH3][Sn]([CH3])([CH3])[CH]1C=CC2C3C=CC(C3)C21. The van der Waals surface area contributed by atoms with Crippen molar-refractivity contribution >= 4 is 18.4 Å². The van der Waals surface area contributed by atoms with Gasteiger partial charge >= 0.3 is 91.5 Å². The van der Waals surface area contributed by atoms with E-state index < -0.39 is 18.4 Å². The van der Waals surface area contributed by atoms with E-state index in [0.717, 1.165) is 27.6 Å². The Balaban J connectivity index is 1.93. The van der Waals surface area contributed by atoms with Crippen molar-refractivity contribution in [2.24, 2.45) is 23.7 Å². The fraction of sp³-hybridized carbons (Fsp3) is 0.692. The van der Waals surface area contributed by atoms with Crippen LogP contribution in [0.15, 0.2) is 24.3 Å². The Kier molecular flexibility index (Phi) is 1.97. The number of hydrogen-bond donors (Lipinski definition) is 0. The third-order valence-corrected chi connectivity index (χ3v) is 11.9. The van der Waals surface area contributed by atoms with Crippen LogP contribution in [-0.2, 0) is 0 Å². The first-order valence-corrected chi connectivity index (χ1v) is 16.1. The quantitative estimate of drug-likeness (QED) is 0.511. The van der Waals surface area contributed by atoms with Gasteiger partial charge in [0.15, 0.2) is 0 Å². The molecule has 1 fully saturated rings. The molecule has 3 aliphatic carbocycles. The van der Waals surface area contributed by atoms with Crippen LogP contribution in [-0.4, -0.2) is 18.4 Å². The fourth-order valence-electron chi connectivity index (χ4n) is 3.92. The molecule has 0 saturated heterocycles. The summed E-state index contributed by atoms with van der Waals surface area (Å²) in [6.45, 7) is 0. The Morgan fingerprint density at radius 3 is 2.36 bits per heavy atom. The summed E-state index contributed by atoms with van der Waals surface area (Å²) >= 11 is -1.70. The van der Waals surface area contributed by atoms with Gasteiger partial charge in [-0.3, -0.25) is 0 Å². The Morgan fingerprint density at radius 1 is 0.929 bits per heavy atom. The molecule has 2 bridgehead atoms. The van der Waals surface area contributed by atoms with Crippen molar-refractivity contribution in [3.8, 4) is 0 Å². The van der Waals surface area contributed by atoms with Crippen molar-refractivity contribution < 1.29 is 0 Å². The monoisotopic (exact) mass is 296 g/mol. The molecule has 0 aromatic heterocycles. The first-order valence-electron chi connectivity index (χ1n) is 5.94. The van der Waals surface area contributed by atoms with E-state index in [9.17, 15) is 0 Å². The topological polar surface area (TPSA) is 0 Å². The molecule has 0 aliphatic heterocycles. The van der Waals surface area contributed by atoms with Gasteiger partial charge in [0.1, 0.15) is 0 Å². The normalized spacial score (nSPS) is 48.9. The van der Waals surface area contributed by atoms with Crippen LogP contribution >= 0.6 is 0 Å². The molecule has 0 heterocycles. The van der Waals surface area contributed by atoms with Gasteiger partial charge in [-0.1, -0.05) is 0 Å². The van der Waals surface area contributed by atoms with E-state index in [-0.39, 0.29) is 0 Å². The molecule has 14 heavy (non-hydrogen) atoms. The van der Waals surface area contributed by atoms with Gasteiger partial charge in [0.05, 0.1) is 0 Å². The van der Waals surface area contributed by atoms with E-state index in [4.69, 9.17) is 0 Å². The molecule has 1 heteroatoms. The van der Waals surface area contributed by atoms with Crippen molar-refractivity contribution in [2.75, 3.05) is 0 Å². The Hall–Kier alpha value is 0.279. The van der Waals surface area contributed by atoms with Crippen molar-refractivity contribution in [3.63, 3.8) is 0 Å². The van der Waals surface area contributed by atoms with Crippen molar-refractivity contribution in [3.05, 3.63) is 24.3 Å². The van der Waals surface area contributed by atoms with Crippen molar-refractivity contribution in [1.29, 1.82) is 0 Å². The van der Waals surface area contributed by atoms with E-state index in [1.807, 2.05) is 0 Å². The van der Waals surface area contributed by atoms with E-state index in [0.29, 0.717) is 0 Å². The number of rotatable bonds is 1. The van der Waals surface area contributed by atoms with Gasteiger partial charge in [-0.2, -0.15) is 0 Å². The second-order valence-electron chi connectivity index (χ2n) is 6.38. The van der Waals surface area contributed by atoms with Crippen LogP contribution in [0.25, 0.3) is 0 Å². The standard InChI is InChI=1S/C10H11.3CH3.Sn/c1-2-9-7-4-5-8(6-7)10(9)3-1;;;;/h1-5,7-10H,6H2;3*1H3;. The Labute approximate surface area is 91.3 Å². The van der Waals surface area contributed by atoms with Crippen molar-refractivity contribution in [2.45, 2.75) is 25.2 Å². The second kappa shape index (κ2) is 2.90. The van der Waals surface area contributed by atoms with Gasteiger partial charge in [-0.05, 0) is 0 Å². The molecule has 0 nitrogen and oxygen atoms in total. The second-order valence-corrected chi connectivity index (χ2v) is 21.8. The van der Waals surface area contributed by atoms with Gasteiger partial charge < -0.3 is 0 Å². The summed E-state index contributed by atoms with van der Waals surface area (Å²) in [4.78, 5) is 7.80. The van der Waals surface area contributed by atoms with Crippen LogP contribution in [0.3, 0.4) is 0 Å². The van der Waals surface area contributed by atoms with Crippen LogP contribution in [0.5, 0.6) is 0 Å². The van der Waals surface area contributed by atoms with E-state index in [2.05, 4.69) is 39.1 Å². The zero-order chi connectivity index (χ0) is 9.92. The zero-order valence-electron chi connectivity index (χ0n) is 9.40. The summed E-state index contributed by atoms with van der Waals surface area (Å²) in [5, 5.41) is 0. The fourth-order valence-corrected chi connectivity index (χ4v) is 10.5. The first-order chi connectivity index (χ1) is 6.57. The minimum absolute atomic E-state index is 0.917. The third-order valence-electron chi connectivity index (χ3n) is 4.54. The van der Waals surface area contributed by atoms with Crippen LogP contribution < -0.4 is 0 Å². The Morgan fingerprint density at radius 2 is 1.64 bits per heavy atom. The van der Waals surface area contributed by atoms with Gasteiger partial charge in [0.2, 0.25) is 0 Å².